The Morgan fingerprint density at radius 2 is 2.00 bits per heavy atom. The van der Waals surface area contributed by atoms with Crippen LogP contribution in [-0.2, 0) is 9.53 Å². The van der Waals surface area contributed by atoms with Crippen LogP contribution in [0.15, 0.2) is 24.3 Å². The number of carboxylic acids is 1. The van der Waals surface area contributed by atoms with Crippen molar-refractivity contribution < 1.29 is 19.4 Å². The van der Waals surface area contributed by atoms with Gasteiger partial charge in [-0.1, -0.05) is 23.7 Å². The van der Waals surface area contributed by atoms with Crippen molar-refractivity contribution in [2.75, 3.05) is 13.2 Å². The van der Waals surface area contributed by atoms with E-state index in [0.29, 0.717) is 42.6 Å². The minimum absolute atomic E-state index is 0.0260. The molecule has 1 aliphatic carbocycles. The molecule has 148 valence electrons. The van der Waals surface area contributed by atoms with E-state index in [4.69, 9.17) is 16.3 Å². The standard InChI is InChI=1S/C19H21ClN4O4/c20-13-3-1-2-4-14(13)24-17(12-5-6-12)21-16(23-24)18(27)22-19(11-15(25)26)7-9-28-10-8-19/h1-4,12H,5-11H2,(H,22,27)(H,25,26). The summed E-state index contributed by atoms with van der Waals surface area (Å²) >= 11 is 6.31. The van der Waals surface area contributed by atoms with Crippen molar-refractivity contribution in [3.63, 3.8) is 0 Å². The fraction of sp³-hybridized carbons (Fsp3) is 0.474. The van der Waals surface area contributed by atoms with E-state index in [2.05, 4.69) is 15.4 Å². The normalized spacial score (nSPS) is 18.6. The van der Waals surface area contributed by atoms with Gasteiger partial charge in [0.25, 0.3) is 5.91 Å². The van der Waals surface area contributed by atoms with Gasteiger partial charge in [-0.25, -0.2) is 9.67 Å². The van der Waals surface area contributed by atoms with E-state index in [1.165, 1.54) is 0 Å². The average Bonchev–Trinajstić information content (AvgIpc) is 3.40. The summed E-state index contributed by atoms with van der Waals surface area (Å²) in [7, 11) is 0. The molecule has 2 aromatic rings. The summed E-state index contributed by atoms with van der Waals surface area (Å²) in [5.41, 5.74) is -0.180. The minimum Gasteiger partial charge on any atom is -0.481 e. The van der Waals surface area contributed by atoms with Crippen molar-refractivity contribution in [3.8, 4) is 5.69 Å². The number of aromatic nitrogens is 3. The van der Waals surface area contributed by atoms with E-state index in [1.54, 1.807) is 10.7 Å². The Bertz CT molecular complexity index is 903. The smallest absolute Gasteiger partial charge is 0.305 e. The summed E-state index contributed by atoms with van der Waals surface area (Å²) in [4.78, 5) is 28.7. The molecule has 1 aromatic heterocycles. The predicted molar refractivity (Wildman–Crippen MR) is 101 cm³/mol. The van der Waals surface area contributed by atoms with Gasteiger partial charge in [-0.2, -0.15) is 0 Å². The number of aliphatic carboxylic acids is 1. The van der Waals surface area contributed by atoms with Crippen molar-refractivity contribution in [2.45, 2.75) is 43.6 Å². The number of amides is 1. The number of nitrogens with one attached hydrogen (secondary N) is 1. The van der Waals surface area contributed by atoms with Crippen LogP contribution in [0.3, 0.4) is 0 Å². The molecule has 0 radical (unpaired) electrons. The molecule has 2 heterocycles. The maximum Gasteiger partial charge on any atom is 0.305 e. The zero-order valence-corrected chi connectivity index (χ0v) is 16.0. The van der Waals surface area contributed by atoms with E-state index in [1.807, 2.05) is 18.2 Å². The van der Waals surface area contributed by atoms with Crippen LogP contribution in [0.25, 0.3) is 5.69 Å². The van der Waals surface area contributed by atoms with Gasteiger partial charge >= 0.3 is 5.97 Å². The highest BCUT2D eigenvalue weighted by atomic mass is 35.5. The van der Waals surface area contributed by atoms with Crippen LogP contribution in [0.2, 0.25) is 5.02 Å². The molecule has 2 fully saturated rings. The molecule has 2 N–H and O–H groups in total. The minimum atomic E-state index is -0.963. The zero-order valence-electron chi connectivity index (χ0n) is 15.2. The lowest BCUT2D eigenvalue weighted by molar-refractivity contribution is -0.139. The molecule has 28 heavy (non-hydrogen) atoms. The quantitative estimate of drug-likeness (QED) is 0.766. The number of ether oxygens (including phenoxy) is 1. The van der Waals surface area contributed by atoms with Gasteiger partial charge in [0.2, 0.25) is 5.82 Å². The van der Waals surface area contributed by atoms with E-state index in [0.717, 1.165) is 12.8 Å². The second-order valence-electron chi connectivity index (χ2n) is 7.35. The van der Waals surface area contributed by atoms with Crippen LogP contribution in [0.5, 0.6) is 0 Å². The summed E-state index contributed by atoms with van der Waals surface area (Å²) in [6.07, 6.45) is 2.69. The van der Waals surface area contributed by atoms with Gasteiger partial charge in [0.15, 0.2) is 0 Å². The maximum absolute atomic E-state index is 12.9. The molecule has 8 nitrogen and oxygen atoms in total. The average molecular weight is 405 g/mol. The molecular formula is C19H21ClN4O4. The van der Waals surface area contributed by atoms with Crippen molar-refractivity contribution in [2.24, 2.45) is 0 Å². The number of hydrogen-bond donors (Lipinski definition) is 2. The van der Waals surface area contributed by atoms with Gasteiger partial charge in [-0.3, -0.25) is 9.59 Å². The number of para-hydroxylation sites is 1. The molecule has 1 saturated carbocycles. The third kappa shape index (κ3) is 3.88. The number of hydrogen-bond acceptors (Lipinski definition) is 5. The Kier molecular flexibility index (Phi) is 5.07. The highest BCUT2D eigenvalue weighted by Gasteiger charge is 2.38. The molecule has 0 bridgehead atoms. The molecule has 1 aromatic carbocycles. The summed E-state index contributed by atoms with van der Waals surface area (Å²) < 4.78 is 6.96. The number of rotatable bonds is 6. The largest absolute Gasteiger partial charge is 0.481 e. The van der Waals surface area contributed by atoms with Gasteiger partial charge in [-0.15, -0.1) is 5.10 Å². The number of carboxylic acid groups (broad SMARTS) is 1. The first-order valence-corrected chi connectivity index (χ1v) is 9.69. The van der Waals surface area contributed by atoms with Crippen LogP contribution in [0.1, 0.15) is 54.5 Å². The molecule has 1 amide bonds. The lowest BCUT2D eigenvalue weighted by atomic mass is 9.86. The Morgan fingerprint density at radius 3 is 2.64 bits per heavy atom. The van der Waals surface area contributed by atoms with Crippen LogP contribution in [0.4, 0.5) is 0 Å². The first-order chi connectivity index (χ1) is 13.5. The summed E-state index contributed by atoms with van der Waals surface area (Å²) in [5, 5.41) is 17.1. The van der Waals surface area contributed by atoms with Crippen LogP contribution < -0.4 is 5.32 Å². The lowest BCUT2D eigenvalue weighted by Crippen LogP contribution is -2.53. The second kappa shape index (κ2) is 7.52. The Balaban J connectivity index is 1.63. The first-order valence-electron chi connectivity index (χ1n) is 9.31. The fourth-order valence-corrected chi connectivity index (χ4v) is 3.74. The van der Waals surface area contributed by atoms with E-state index < -0.39 is 17.4 Å². The Labute approximate surface area is 166 Å². The third-order valence-electron chi connectivity index (χ3n) is 5.18. The SMILES string of the molecule is O=C(O)CC1(NC(=O)c2nc(C3CC3)n(-c3ccccc3Cl)n2)CCOCC1. The van der Waals surface area contributed by atoms with Crippen molar-refractivity contribution in [3.05, 3.63) is 40.9 Å². The number of benzene rings is 1. The van der Waals surface area contributed by atoms with Crippen LogP contribution in [0, 0.1) is 0 Å². The van der Waals surface area contributed by atoms with Crippen molar-refractivity contribution in [1.29, 1.82) is 0 Å². The number of carbonyl (C=O) groups is 2. The van der Waals surface area contributed by atoms with E-state index >= 15 is 0 Å². The molecular weight excluding hydrogens is 384 g/mol. The van der Waals surface area contributed by atoms with Crippen LogP contribution in [-0.4, -0.2) is 50.5 Å². The predicted octanol–water partition coefficient (Wildman–Crippen LogP) is 2.55. The zero-order chi connectivity index (χ0) is 19.7. The van der Waals surface area contributed by atoms with Gasteiger partial charge in [-0.05, 0) is 37.8 Å². The highest BCUT2D eigenvalue weighted by molar-refractivity contribution is 6.32. The lowest BCUT2D eigenvalue weighted by Gasteiger charge is -2.36. The van der Waals surface area contributed by atoms with Crippen LogP contribution >= 0.6 is 11.6 Å². The number of halogens is 1. The second-order valence-corrected chi connectivity index (χ2v) is 7.76. The van der Waals surface area contributed by atoms with Crippen molar-refractivity contribution in [1.82, 2.24) is 20.1 Å². The molecule has 0 spiro atoms. The summed E-state index contributed by atoms with van der Waals surface area (Å²) in [5.74, 6) is -0.455. The topological polar surface area (TPSA) is 106 Å². The highest BCUT2D eigenvalue weighted by Crippen LogP contribution is 2.40. The van der Waals surface area contributed by atoms with Crippen molar-refractivity contribution >= 4 is 23.5 Å². The summed E-state index contributed by atoms with van der Waals surface area (Å²) in [6, 6.07) is 7.27. The van der Waals surface area contributed by atoms with Gasteiger partial charge in [0, 0.05) is 19.1 Å². The Hall–Kier alpha value is -2.45. The number of carbonyl (C=O) groups excluding carboxylic acids is 1. The molecule has 2 aliphatic rings. The molecule has 0 unspecified atom stereocenters. The Morgan fingerprint density at radius 1 is 1.29 bits per heavy atom. The first kappa shape index (κ1) is 18.9. The monoisotopic (exact) mass is 404 g/mol. The molecule has 1 aliphatic heterocycles. The molecule has 0 atom stereocenters. The fourth-order valence-electron chi connectivity index (χ4n) is 3.52. The molecule has 9 heteroatoms. The number of nitrogens with zero attached hydrogens (tertiary/aromatic N) is 3. The maximum atomic E-state index is 12.9. The molecule has 4 rings (SSSR count). The van der Waals surface area contributed by atoms with Gasteiger partial charge in [0.05, 0.1) is 22.7 Å². The van der Waals surface area contributed by atoms with E-state index in [-0.39, 0.29) is 18.2 Å². The third-order valence-corrected chi connectivity index (χ3v) is 5.50. The molecule has 1 saturated heterocycles. The summed E-state index contributed by atoms with van der Waals surface area (Å²) in [6.45, 7) is 0.810. The van der Waals surface area contributed by atoms with E-state index in [9.17, 15) is 14.7 Å². The van der Waals surface area contributed by atoms with Gasteiger partial charge < -0.3 is 15.2 Å². The van der Waals surface area contributed by atoms with Gasteiger partial charge in [0.1, 0.15) is 5.82 Å².